The molecule has 1 aromatic heterocycles. The third-order valence-electron chi connectivity index (χ3n) is 7.30. The molecule has 0 radical (unpaired) electrons. The number of carbonyl (C=O) groups is 2. The molecule has 2 aromatic rings. The van der Waals surface area contributed by atoms with Crippen molar-refractivity contribution >= 4 is 17.5 Å². The summed E-state index contributed by atoms with van der Waals surface area (Å²) in [5, 5.41) is 15.0. The number of anilines is 1. The number of hydrogen-bond acceptors (Lipinski definition) is 5. The number of nitrogens with one attached hydrogen (secondary N) is 2. The average Bonchev–Trinajstić information content (AvgIpc) is 3.29. The van der Waals surface area contributed by atoms with Crippen molar-refractivity contribution in [1.29, 1.82) is 5.26 Å². The Morgan fingerprint density at radius 1 is 1.17 bits per heavy atom. The van der Waals surface area contributed by atoms with Gasteiger partial charge in [0.15, 0.2) is 0 Å². The lowest BCUT2D eigenvalue weighted by Crippen LogP contribution is -2.55. The van der Waals surface area contributed by atoms with E-state index in [1.807, 2.05) is 12.1 Å². The lowest BCUT2D eigenvalue weighted by Gasteiger charge is -2.33. The van der Waals surface area contributed by atoms with Crippen molar-refractivity contribution in [3.8, 4) is 6.07 Å². The lowest BCUT2D eigenvalue weighted by atomic mass is 9.83. The largest absolute Gasteiger partial charge is 0.343 e. The molecule has 1 saturated carbocycles. The molecule has 4 rings (SSSR count). The highest BCUT2D eigenvalue weighted by atomic mass is 16.2. The van der Waals surface area contributed by atoms with Crippen LogP contribution in [0.4, 0.5) is 5.69 Å². The SMILES string of the molecule is CN[C@@H](C)C(=O)N[C@H](C(=O)N1CCc2cc(=O)n(Cc3ccc(C#N)cc3)cc21)C1CCCCC1. The number of amides is 2. The Morgan fingerprint density at radius 3 is 2.54 bits per heavy atom. The Morgan fingerprint density at radius 2 is 1.89 bits per heavy atom. The van der Waals surface area contributed by atoms with E-state index in [-0.39, 0.29) is 23.3 Å². The van der Waals surface area contributed by atoms with Crippen LogP contribution in [0.5, 0.6) is 0 Å². The van der Waals surface area contributed by atoms with Gasteiger partial charge in [0, 0.05) is 18.8 Å². The molecular weight excluding hydrogens is 442 g/mol. The van der Waals surface area contributed by atoms with Gasteiger partial charge in [0.25, 0.3) is 5.56 Å². The molecule has 0 unspecified atom stereocenters. The van der Waals surface area contributed by atoms with Gasteiger partial charge in [-0.1, -0.05) is 31.4 Å². The van der Waals surface area contributed by atoms with Gasteiger partial charge in [0.1, 0.15) is 6.04 Å². The second-order valence-corrected chi connectivity index (χ2v) is 9.59. The first-order valence-electron chi connectivity index (χ1n) is 12.4. The third kappa shape index (κ3) is 5.46. The number of carbonyl (C=O) groups excluding carboxylic acids is 2. The van der Waals surface area contributed by atoms with Crippen LogP contribution in [0, 0.1) is 17.2 Å². The van der Waals surface area contributed by atoms with E-state index in [0.717, 1.165) is 48.9 Å². The van der Waals surface area contributed by atoms with Crippen molar-refractivity contribution in [2.75, 3.05) is 18.5 Å². The third-order valence-corrected chi connectivity index (χ3v) is 7.30. The minimum absolute atomic E-state index is 0.101. The van der Waals surface area contributed by atoms with E-state index in [2.05, 4.69) is 16.7 Å². The van der Waals surface area contributed by atoms with Gasteiger partial charge >= 0.3 is 0 Å². The molecule has 2 N–H and O–H groups in total. The highest BCUT2D eigenvalue weighted by molar-refractivity contribution is 6.01. The maximum Gasteiger partial charge on any atom is 0.251 e. The molecule has 2 heterocycles. The van der Waals surface area contributed by atoms with Gasteiger partial charge in [-0.25, -0.2) is 0 Å². The predicted octanol–water partition coefficient (Wildman–Crippen LogP) is 2.33. The van der Waals surface area contributed by atoms with Crippen molar-refractivity contribution in [3.63, 3.8) is 0 Å². The summed E-state index contributed by atoms with van der Waals surface area (Å²) in [6.45, 7) is 2.63. The van der Waals surface area contributed by atoms with Crippen LogP contribution in [0.25, 0.3) is 0 Å². The fraction of sp³-hybridized carbons (Fsp3) is 0.481. The molecule has 35 heavy (non-hydrogen) atoms. The Kier molecular flexibility index (Phi) is 7.67. The van der Waals surface area contributed by atoms with Crippen molar-refractivity contribution in [1.82, 2.24) is 15.2 Å². The van der Waals surface area contributed by atoms with Crippen molar-refractivity contribution < 1.29 is 9.59 Å². The zero-order valence-electron chi connectivity index (χ0n) is 20.4. The molecule has 8 nitrogen and oxygen atoms in total. The summed E-state index contributed by atoms with van der Waals surface area (Å²) in [4.78, 5) is 41.1. The van der Waals surface area contributed by atoms with Gasteiger partial charge < -0.3 is 20.1 Å². The van der Waals surface area contributed by atoms with Crippen LogP contribution in [-0.4, -0.2) is 42.1 Å². The number of likely N-dealkylation sites (N-methyl/N-ethyl adjacent to an activating group) is 1. The number of aromatic nitrogens is 1. The normalized spacial score (nSPS) is 17.3. The van der Waals surface area contributed by atoms with Crippen molar-refractivity contribution in [2.45, 2.75) is 64.1 Å². The Bertz CT molecular complexity index is 1170. The molecule has 1 fully saturated rings. The van der Waals surface area contributed by atoms with Gasteiger partial charge in [-0.2, -0.15) is 5.26 Å². The summed E-state index contributed by atoms with van der Waals surface area (Å²) in [5.74, 6) is -0.171. The first kappa shape index (κ1) is 24.7. The maximum atomic E-state index is 13.9. The minimum atomic E-state index is -0.580. The summed E-state index contributed by atoms with van der Waals surface area (Å²) in [6.07, 6.45) is 7.50. The van der Waals surface area contributed by atoms with Gasteiger partial charge in [-0.15, -0.1) is 0 Å². The summed E-state index contributed by atoms with van der Waals surface area (Å²) in [6, 6.07) is 9.86. The Labute approximate surface area is 205 Å². The molecule has 0 spiro atoms. The number of nitriles is 1. The smallest absolute Gasteiger partial charge is 0.251 e. The fourth-order valence-electron chi connectivity index (χ4n) is 5.06. The van der Waals surface area contributed by atoms with E-state index < -0.39 is 12.1 Å². The van der Waals surface area contributed by atoms with Gasteiger partial charge in [-0.3, -0.25) is 14.4 Å². The second kappa shape index (κ2) is 10.9. The van der Waals surface area contributed by atoms with Crippen LogP contribution in [0.15, 0.2) is 41.3 Å². The monoisotopic (exact) mass is 475 g/mol. The molecule has 1 aromatic carbocycles. The number of rotatable bonds is 7. The highest BCUT2D eigenvalue weighted by Crippen LogP contribution is 2.32. The molecule has 2 aliphatic rings. The standard InChI is InChI=1S/C27H33N5O3/c1-18(29-2)26(34)30-25(21-6-4-3-5-7-21)27(35)32-13-12-22-14-24(33)31(17-23(22)32)16-20-10-8-19(15-28)9-11-20/h8-11,14,17-18,21,25,29H,3-7,12-13,16H2,1-2H3,(H,30,34)/t18-,25-/m0/s1. The summed E-state index contributed by atoms with van der Waals surface area (Å²) >= 11 is 0. The second-order valence-electron chi connectivity index (χ2n) is 9.59. The number of hydrogen-bond donors (Lipinski definition) is 2. The summed E-state index contributed by atoms with van der Waals surface area (Å²) < 4.78 is 1.60. The van der Waals surface area contributed by atoms with Crippen LogP contribution < -0.4 is 21.1 Å². The zero-order valence-corrected chi connectivity index (χ0v) is 20.4. The van der Waals surface area contributed by atoms with E-state index in [9.17, 15) is 14.4 Å². The molecular formula is C27H33N5O3. The predicted molar refractivity (Wildman–Crippen MR) is 134 cm³/mol. The first-order chi connectivity index (χ1) is 16.9. The molecule has 0 bridgehead atoms. The van der Waals surface area contributed by atoms with Crippen LogP contribution >= 0.6 is 0 Å². The van der Waals surface area contributed by atoms with E-state index in [0.29, 0.717) is 25.1 Å². The summed E-state index contributed by atoms with van der Waals surface area (Å²) in [5.41, 5.74) is 2.93. The summed E-state index contributed by atoms with van der Waals surface area (Å²) in [7, 11) is 1.73. The molecule has 1 aliphatic carbocycles. The van der Waals surface area contributed by atoms with Crippen LogP contribution in [0.1, 0.15) is 55.7 Å². The number of fused-ring (bicyclic) bond motifs is 1. The quantitative estimate of drug-likeness (QED) is 0.639. The molecule has 1 aliphatic heterocycles. The molecule has 0 saturated heterocycles. The Balaban J connectivity index is 1.60. The minimum Gasteiger partial charge on any atom is -0.343 e. The zero-order chi connectivity index (χ0) is 24.9. The lowest BCUT2D eigenvalue weighted by molar-refractivity contribution is -0.130. The maximum absolute atomic E-state index is 13.9. The number of nitrogens with zero attached hydrogens (tertiary/aromatic N) is 3. The van der Waals surface area contributed by atoms with E-state index >= 15 is 0 Å². The van der Waals surface area contributed by atoms with Crippen LogP contribution in [0.3, 0.4) is 0 Å². The van der Waals surface area contributed by atoms with E-state index in [1.54, 1.807) is 47.8 Å². The van der Waals surface area contributed by atoms with Crippen LogP contribution in [-0.2, 0) is 22.6 Å². The topological polar surface area (TPSA) is 107 Å². The van der Waals surface area contributed by atoms with E-state index in [1.165, 1.54) is 0 Å². The highest BCUT2D eigenvalue weighted by Gasteiger charge is 2.37. The van der Waals surface area contributed by atoms with Crippen LogP contribution in [0.2, 0.25) is 0 Å². The Hall–Kier alpha value is -3.44. The van der Waals surface area contributed by atoms with Crippen molar-refractivity contribution in [3.05, 3.63) is 63.6 Å². The molecule has 2 amide bonds. The molecule has 8 heteroatoms. The van der Waals surface area contributed by atoms with Gasteiger partial charge in [0.2, 0.25) is 11.8 Å². The molecule has 2 atom stereocenters. The molecule has 184 valence electrons. The first-order valence-corrected chi connectivity index (χ1v) is 12.4. The number of benzene rings is 1. The average molecular weight is 476 g/mol. The number of pyridine rings is 1. The van der Waals surface area contributed by atoms with Crippen molar-refractivity contribution in [2.24, 2.45) is 5.92 Å². The fourth-order valence-corrected chi connectivity index (χ4v) is 5.06. The van der Waals surface area contributed by atoms with E-state index in [4.69, 9.17) is 5.26 Å². The van der Waals surface area contributed by atoms with Gasteiger partial charge in [0.05, 0.1) is 29.9 Å². The van der Waals surface area contributed by atoms with Gasteiger partial charge in [-0.05, 0) is 62.4 Å².